The number of carboxylic acid groups (broad SMARTS) is 1. The number of aromatic nitrogens is 2. The molecule has 0 spiro atoms. The first-order chi connectivity index (χ1) is 8.47. The van der Waals surface area contributed by atoms with Crippen molar-refractivity contribution in [2.45, 2.75) is 32.2 Å². The number of hydrogen-bond donors (Lipinski definition) is 2. The molecule has 100 valence electrons. The van der Waals surface area contributed by atoms with Crippen LogP contribution in [0, 0.1) is 0 Å². The molecule has 0 radical (unpaired) electrons. The lowest BCUT2D eigenvalue weighted by atomic mass is 10.1. The first-order valence-corrected chi connectivity index (χ1v) is 6.06. The Labute approximate surface area is 110 Å². The van der Waals surface area contributed by atoms with Crippen LogP contribution in [0.4, 0.5) is 5.69 Å². The van der Waals surface area contributed by atoms with Crippen LogP contribution < -0.4 is 10.9 Å². The number of unbranched alkanes of at least 4 members (excludes halogenated alkanes) is 1. The van der Waals surface area contributed by atoms with E-state index in [1.54, 1.807) is 0 Å². The number of carbonyl (C=O) groups is 1. The number of hydrogen-bond acceptors (Lipinski definition) is 4. The fraction of sp³-hybridized carbons (Fsp3) is 0.545. The van der Waals surface area contributed by atoms with Crippen LogP contribution in [0.1, 0.15) is 26.2 Å². The van der Waals surface area contributed by atoms with Crippen molar-refractivity contribution in [2.75, 3.05) is 5.32 Å². The summed E-state index contributed by atoms with van der Waals surface area (Å²) in [5.74, 6) is -0.972. The maximum atomic E-state index is 11.5. The molecule has 1 aromatic rings. The minimum atomic E-state index is -0.972. The van der Waals surface area contributed by atoms with Gasteiger partial charge in [-0.3, -0.25) is 4.79 Å². The number of aliphatic carboxylic acids is 1. The highest BCUT2D eigenvalue weighted by Gasteiger charge is 2.18. The van der Waals surface area contributed by atoms with E-state index >= 15 is 0 Å². The molecule has 6 nitrogen and oxygen atoms in total. The molecular formula is C11H16ClN3O3. The number of nitrogens with zero attached hydrogens (tertiary/aromatic N) is 2. The van der Waals surface area contributed by atoms with E-state index in [1.807, 2.05) is 6.92 Å². The van der Waals surface area contributed by atoms with Gasteiger partial charge in [0, 0.05) is 7.05 Å². The Morgan fingerprint density at radius 2 is 2.33 bits per heavy atom. The Kier molecular flexibility index (Phi) is 5.15. The molecule has 1 heterocycles. The second kappa shape index (κ2) is 6.39. The molecule has 1 aromatic heterocycles. The minimum absolute atomic E-state index is 0.0461. The molecule has 0 aliphatic carbocycles. The summed E-state index contributed by atoms with van der Waals surface area (Å²) in [4.78, 5) is 22.6. The topological polar surface area (TPSA) is 84.2 Å². The predicted octanol–water partition coefficient (Wildman–Crippen LogP) is 1.49. The van der Waals surface area contributed by atoms with E-state index in [4.69, 9.17) is 16.7 Å². The molecule has 0 aliphatic rings. The zero-order valence-corrected chi connectivity index (χ0v) is 11.1. The van der Waals surface area contributed by atoms with Crippen LogP contribution in [-0.2, 0) is 11.8 Å². The molecule has 1 atom stereocenters. The first kappa shape index (κ1) is 14.5. The fourth-order valence-electron chi connectivity index (χ4n) is 1.46. The molecule has 2 N–H and O–H groups in total. The summed E-state index contributed by atoms with van der Waals surface area (Å²) in [5, 5.41) is 15.6. The Morgan fingerprint density at radius 1 is 1.67 bits per heavy atom. The van der Waals surface area contributed by atoms with Crippen LogP contribution in [0.3, 0.4) is 0 Å². The Morgan fingerprint density at radius 3 is 2.89 bits per heavy atom. The quantitative estimate of drug-likeness (QED) is 0.820. The van der Waals surface area contributed by atoms with Gasteiger partial charge in [0.15, 0.2) is 0 Å². The van der Waals surface area contributed by atoms with Crippen molar-refractivity contribution in [3.63, 3.8) is 0 Å². The molecule has 0 fully saturated rings. The van der Waals surface area contributed by atoms with Gasteiger partial charge < -0.3 is 10.4 Å². The average molecular weight is 274 g/mol. The van der Waals surface area contributed by atoms with Gasteiger partial charge in [-0.2, -0.15) is 5.10 Å². The van der Waals surface area contributed by atoms with Gasteiger partial charge in [0.25, 0.3) is 5.56 Å². The van der Waals surface area contributed by atoms with E-state index < -0.39 is 17.6 Å². The number of rotatable bonds is 6. The van der Waals surface area contributed by atoms with Gasteiger partial charge in [-0.05, 0) is 6.42 Å². The van der Waals surface area contributed by atoms with E-state index in [2.05, 4.69) is 10.4 Å². The highest BCUT2D eigenvalue weighted by molar-refractivity contribution is 6.33. The summed E-state index contributed by atoms with van der Waals surface area (Å²) >= 11 is 5.85. The molecule has 7 heteroatoms. The van der Waals surface area contributed by atoms with Crippen molar-refractivity contribution in [3.8, 4) is 0 Å². The van der Waals surface area contributed by atoms with Crippen molar-refractivity contribution >= 4 is 23.3 Å². The lowest BCUT2D eigenvalue weighted by Crippen LogP contribution is -2.31. The molecule has 18 heavy (non-hydrogen) atoms. The van der Waals surface area contributed by atoms with Crippen molar-refractivity contribution in [1.82, 2.24) is 9.78 Å². The molecular weight excluding hydrogens is 258 g/mol. The largest absolute Gasteiger partial charge is 0.480 e. The van der Waals surface area contributed by atoms with Crippen molar-refractivity contribution in [3.05, 3.63) is 21.6 Å². The zero-order chi connectivity index (χ0) is 13.7. The van der Waals surface area contributed by atoms with Crippen LogP contribution in [0.15, 0.2) is 11.0 Å². The van der Waals surface area contributed by atoms with Crippen LogP contribution in [0.5, 0.6) is 0 Å². The third-order valence-corrected chi connectivity index (χ3v) is 2.92. The highest BCUT2D eigenvalue weighted by Crippen LogP contribution is 2.17. The van der Waals surface area contributed by atoms with Gasteiger partial charge in [-0.1, -0.05) is 31.4 Å². The molecule has 0 aromatic carbocycles. The summed E-state index contributed by atoms with van der Waals surface area (Å²) in [6.45, 7) is 1.98. The Bertz CT molecular complexity index is 487. The van der Waals surface area contributed by atoms with Crippen LogP contribution in [-0.4, -0.2) is 26.9 Å². The summed E-state index contributed by atoms with van der Waals surface area (Å²) in [6.07, 6.45) is 3.50. The predicted molar refractivity (Wildman–Crippen MR) is 69.1 cm³/mol. The van der Waals surface area contributed by atoms with Gasteiger partial charge in [-0.25, -0.2) is 9.48 Å². The van der Waals surface area contributed by atoms with E-state index in [0.717, 1.165) is 17.5 Å². The minimum Gasteiger partial charge on any atom is -0.480 e. The molecule has 0 saturated heterocycles. The molecule has 0 aliphatic heterocycles. The van der Waals surface area contributed by atoms with Crippen LogP contribution >= 0.6 is 11.6 Å². The molecule has 1 rings (SSSR count). The molecule has 1 unspecified atom stereocenters. The van der Waals surface area contributed by atoms with Gasteiger partial charge in [0.1, 0.15) is 11.1 Å². The monoisotopic (exact) mass is 273 g/mol. The molecule has 0 saturated carbocycles. The molecule has 0 amide bonds. The smallest absolute Gasteiger partial charge is 0.326 e. The lowest BCUT2D eigenvalue weighted by Gasteiger charge is -2.16. The van der Waals surface area contributed by atoms with E-state index in [9.17, 15) is 9.59 Å². The number of aryl methyl sites for hydroxylation is 1. The third-order valence-electron chi connectivity index (χ3n) is 2.55. The fourth-order valence-corrected chi connectivity index (χ4v) is 1.69. The Hall–Kier alpha value is -1.56. The highest BCUT2D eigenvalue weighted by atomic mass is 35.5. The lowest BCUT2D eigenvalue weighted by molar-refractivity contribution is -0.138. The normalized spacial score (nSPS) is 12.2. The van der Waals surface area contributed by atoms with Gasteiger partial charge in [0.2, 0.25) is 0 Å². The zero-order valence-electron chi connectivity index (χ0n) is 10.3. The SMILES string of the molecule is CCCCC(Nc1cnn(C)c(=O)c1Cl)C(=O)O. The second-order valence-electron chi connectivity index (χ2n) is 3.98. The summed E-state index contributed by atoms with van der Waals surface area (Å²) < 4.78 is 1.09. The van der Waals surface area contributed by atoms with Crippen molar-refractivity contribution in [1.29, 1.82) is 0 Å². The van der Waals surface area contributed by atoms with E-state index in [0.29, 0.717) is 6.42 Å². The van der Waals surface area contributed by atoms with E-state index in [-0.39, 0.29) is 10.7 Å². The second-order valence-corrected chi connectivity index (χ2v) is 4.36. The standard InChI is InChI=1S/C11H16ClN3O3/c1-3-4-5-7(11(17)18)14-8-6-13-15(2)10(16)9(8)12/h6-7,14H,3-5H2,1-2H3,(H,17,18). The van der Waals surface area contributed by atoms with E-state index in [1.165, 1.54) is 13.2 Å². The van der Waals surface area contributed by atoms with Gasteiger partial charge >= 0.3 is 5.97 Å². The van der Waals surface area contributed by atoms with Crippen molar-refractivity contribution < 1.29 is 9.90 Å². The summed E-state index contributed by atoms with van der Waals surface area (Å²) in [5.41, 5.74) is -0.204. The average Bonchev–Trinajstić information content (AvgIpc) is 2.33. The molecule has 0 bridgehead atoms. The maximum absolute atomic E-state index is 11.5. The maximum Gasteiger partial charge on any atom is 0.326 e. The summed E-state index contributed by atoms with van der Waals surface area (Å²) in [6, 6.07) is -0.767. The first-order valence-electron chi connectivity index (χ1n) is 5.68. The number of halogens is 1. The van der Waals surface area contributed by atoms with Crippen LogP contribution in [0.2, 0.25) is 5.02 Å². The van der Waals surface area contributed by atoms with Crippen molar-refractivity contribution in [2.24, 2.45) is 7.05 Å². The third kappa shape index (κ3) is 3.46. The number of carboxylic acids is 1. The summed E-state index contributed by atoms with van der Waals surface area (Å²) in [7, 11) is 1.48. The van der Waals surface area contributed by atoms with Crippen LogP contribution in [0.25, 0.3) is 0 Å². The van der Waals surface area contributed by atoms with Gasteiger partial charge in [0.05, 0.1) is 11.9 Å². The number of nitrogens with one attached hydrogen (secondary N) is 1. The van der Waals surface area contributed by atoms with Gasteiger partial charge in [-0.15, -0.1) is 0 Å². The Balaban J connectivity index is 2.91. The number of anilines is 1.